The zero-order valence-electron chi connectivity index (χ0n) is 5.94. The predicted molar refractivity (Wildman–Crippen MR) is 43.8 cm³/mol. The van der Waals surface area contributed by atoms with Crippen molar-refractivity contribution in [3.05, 3.63) is 0 Å². The van der Waals surface area contributed by atoms with Gasteiger partial charge in [0.25, 0.3) is 0 Å². The summed E-state index contributed by atoms with van der Waals surface area (Å²) in [6, 6.07) is 0. The molecule has 0 saturated heterocycles. The van der Waals surface area contributed by atoms with Gasteiger partial charge in [0.1, 0.15) is 0 Å². The van der Waals surface area contributed by atoms with E-state index in [0.29, 0.717) is 0 Å². The zero-order chi connectivity index (χ0) is 8.43. The standard InChI is InChI=1S/C6H11ClO3S/c7-5-3-1-2-4(5)6(8)11(9)10/h4-6,8H,1-3H2,(H,9,10). The predicted octanol–water partition coefficient (Wildman–Crippen LogP) is 0.934. The minimum Gasteiger partial charge on any atom is -0.377 e. The Morgan fingerprint density at radius 3 is 2.55 bits per heavy atom. The lowest BCUT2D eigenvalue weighted by atomic mass is 10.1. The molecule has 0 radical (unpaired) electrons. The molecule has 1 aliphatic rings. The van der Waals surface area contributed by atoms with Crippen LogP contribution in [0.2, 0.25) is 0 Å². The number of rotatable bonds is 2. The molecule has 11 heavy (non-hydrogen) atoms. The number of hydrogen-bond donors (Lipinski definition) is 2. The fraction of sp³-hybridized carbons (Fsp3) is 1.00. The number of hydrogen-bond acceptors (Lipinski definition) is 2. The van der Waals surface area contributed by atoms with Crippen LogP contribution in [-0.2, 0) is 11.1 Å². The average molecular weight is 199 g/mol. The van der Waals surface area contributed by atoms with Gasteiger partial charge in [-0.15, -0.1) is 11.6 Å². The van der Waals surface area contributed by atoms with Gasteiger partial charge in [0.05, 0.1) is 0 Å². The number of aliphatic hydroxyl groups excluding tert-OH is 1. The van der Waals surface area contributed by atoms with E-state index in [1.165, 1.54) is 0 Å². The third-order valence-corrected chi connectivity index (χ3v) is 3.36. The van der Waals surface area contributed by atoms with Gasteiger partial charge in [-0.3, -0.25) is 0 Å². The first kappa shape index (κ1) is 9.45. The van der Waals surface area contributed by atoms with Crippen LogP contribution >= 0.6 is 11.6 Å². The summed E-state index contributed by atoms with van der Waals surface area (Å²) < 4.78 is 19.0. The van der Waals surface area contributed by atoms with Gasteiger partial charge in [-0.05, 0) is 12.8 Å². The minimum atomic E-state index is -2.15. The van der Waals surface area contributed by atoms with E-state index in [0.717, 1.165) is 19.3 Å². The Kier molecular flexibility index (Phi) is 3.30. The van der Waals surface area contributed by atoms with E-state index in [9.17, 15) is 4.21 Å². The van der Waals surface area contributed by atoms with Crippen LogP contribution in [0.15, 0.2) is 0 Å². The van der Waals surface area contributed by atoms with E-state index < -0.39 is 16.5 Å². The van der Waals surface area contributed by atoms with Crippen molar-refractivity contribution in [1.82, 2.24) is 0 Å². The van der Waals surface area contributed by atoms with Crippen molar-refractivity contribution in [2.45, 2.75) is 30.1 Å². The van der Waals surface area contributed by atoms with Crippen LogP contribution in [0.25, 0.3) is 0 Å². The van der Waals surface area contributed by atoms with Crippen molar-refractivity contribution in [1.29, 1.82) is 0 Å². The van der Waals surface area contributed by atoms with Crippen molar-refractivity contribution in [2.75, 3.05) is 0 Å². The van der Waals surface area contributed by atoms with Gasteiger partial charge in [0.2, 0.25) is 0 Å². The molecule has 2 N–H and O–H groups in total. The summed E-state index contributed by atoms with van der Waals surface area (Å²) in [6.45, 7) is 0. The van der Waals surface area contributed by atoms with Crippen LogP contribution in [0.1, 0.15) is 19.3 Å². The van der Waals surface area contributed by atoms with Gasteiger partial charge in [-0.1, -0.05) is 6.42 Å². The monoisotopic (exact) mass is 198 g/mol. The van der Waals surface area contributed by atoms with Crippen LogP contribution < -0.4 is 0 Å². The topological polar surface area (TPSA) is 57.5 Å². The van der Waals surface area contributed by atoms with Crippen molar-refractivity contribution < 1.29 is 13.9 Å². The molecule has 1 aliphatic carbocycles. The average Bonchev–Trinajstić information content (AvgIpc) is 2.33. The molecule has 0 aliphatic heterocycles. The van der Waals surface area contributed by atoms with E-state index in [2.05, 4.69) is 0 Å². The summed E-state index contributed by atoms with van der Waals surface area (Å²) in [6.07, 6.45) is 2.52. The number of alkyl halides is 1. The Hall–Kier alpha value is 0.360. The molecule has 5 heteroatoms. The van der Waals surface area contributed by atoms with Gasteiger partial charge in [-0.2, -0.15) is 0 Å². The minimum absolute atomic E-state index is 0.138. The molecule has 0 heterocycles. The molecule has 1 rings (SSSR count). The summed E-state index contributed by atoms with van der Waals surface area (Å²) >= 11 is 3.66. The molecule has 0 aromatic carbocycles. The Balaban J connectivity index is 2.52. The molecule has 0 aromatic heterocycles. The summed E-state index contributed by atoms with van der Waals surface area (Å²) in [7, 11) is 0. The Morgan fingerprint density at radius 1 is 1.55 bits per heavy atom. The lowest BCUT2D eigenvalue weighted by Gasteiger charge is -2.16. The first-order valence-electron chi connectivity index (χ1n) is 3.54. The van der Waals surface area contributed by atoms with Gasteiger partial charge in [-0.25, -0.2) is 4.21 Å². The highest BCUT2D eigenvalue weighted by molar-refractivity contribution is 7.79. The second-order valence-corrected chi connectivity index (χ2v) is 4.37. The van der Waals surface area contributed by atoms with Crippen molar-refractivity contribution in [3.8, 4) is 0 Å². The Labute approximate surface area is 73.0 Å². The maximum atomic E-state index is 10.4. The highest BCUT2D eigenvalue weighted by atomic mass is 35.5. The lowest BCUT2D eigenvalue weighted by Crippen LogP contribution is -2.28. The van der Waals surface area contributed by atoms with Gasteiger partial charge >= 0.3 is 0 Å². The van der Waals surface area contributed by atoms with E-state index in [1.54, 1.807) is 0 Å². The molecule has 0 bridgehead atoms. The normalized spacial score (nSPS) is 37.0. The lowest BCUT2D eigenvalue weighted by molar-refractivity contribution is 0.182. The van der Waals surface area contributed by atoms with E-state index >= 15 is 0 Å². The smallest absolute Gasteiger partial charge is 0.182 e. The van der Waals surface area contributed by atoms with E-state index in [1.807, 2.05) is 0 Å². The first-order valence-corrected chi connectivity index (χ1v) is 5.15. The van der Waals surface area contributed by atoms with Crippen molar-refractivity contribution in [3.63, 3.8) is 0 Å². The van der Waals surface area contributed by atoms with Crippen molar-refractivity contribution >= 4 is 22.7 Å². The van der Waals surface area contributed by atoms with Crippen LogP contribution in [-0.4, -0.2) is 24.7 Å². The second-order valence-electron chi connectivity index (χ2n) is 2.78. The van der Waals surface area contributed by atoms with Crippen LogP contribution in [0.5, 0.6) is 0 Å². The summed E-state index contributed by atoms with van der Waals surface area (Å²) in [4.78, 5) is 0. The molecule has 0 spiro atoms. The molecule has 3 nitrogen and oxygen atoms in total. The molecule has 4 atom stereocenters. The largest absolute Gasteiger partial charge is 0.377 e. The fourth-order valence-electron chi connectivity index (χ4n) is 1.41. The number of halogens is 1. The summed E-state index contributed by atoms with van der Waals surface area (Å²) in [5.41, 5.74) is -1.17. The van der Waals surface area contributed by atoms with E-state index in [-0.39, 0.29) is 11.3 Å². The van der Waals surface area contributed by atoms with Crippen LogP contribution in [0.3, 0.4) is 0 Å². The quantitative estimate of drug-likeness (QED) is 0.513. The van der Waals surface area contributed by atoms with Gasteiger partial charge in [0.15, 0.2) is 16.5 Å². The number of aliphatic hydroxyl groups is 1. The molecule has 0 amide bonds. The fourth-order valence-corrected chi connectivity index (χ4v) is 2.54. The highest BCUT2D eigenvalue weighted by Gasteiger charge is 2.34. The molecule has 1 fully saturated rings. The third kappa shape index (κ3) is 2.15. The van der Waals surface area contributed by atoms with Gasteiger partial charge < -0.3 is 9.66 Å². The van der Waals surface area contributed by atoms with Crippen LogP contribution in [0, 0.1) is 5.92 Å². The molecule has 4 unspecified atom stereocenters. The SMILES string of the molecule is O=S(O)C(O)C1CCCC1Cl. The third-order valence-electron chi connectivity index (χ3n) is 2.05. The van der Waals surface area contributed by atoms with Crippen LogP contribution in [0.4, 0.5) is 0 Å². The molecule has 1 saturated carbocycles. The zero-order valence-corrected chi connectivity index (χ0v) is 7.51. The maximum absolute atomic E-state index is 10.4. The highest BCUT2D eigenvalue weighted by Crippen LogP contribution is 2.33. The molecular weight excluding hydrogens is 188 g/mol. The van der Waals surface area contributed by atoms with Crippen molar-refractivity contribution in [2.24, 2.45) is 5.92 Å². The molecule has 66 valence electrons. The molecular formula is C6H11ClO3S. The Morgan fingerprint density at radius 2 is 2.18 bits per heavy atom. The molecule has 0 aromatic rings. The van der Waals surface area contributed by atoms with E-state index in [4.69, 9.17) is 21.3 Å². The maximum Gasteiger partial charge on any atom is 0.182 e. The summed E-state index contributed by atoms with van der Waals surface area (Å²) in [5, 5.41) is 9.02. The Bertz CT molecular complexity index is 164. The summed E-state index contributed by atoms with van der Waals surface area (Å²) in [5.74, 6) is -0.206. The van der Waals surface area contributed by atoms with Gasteiger partial charge in [0, 0.05) is 11.3 Å². The second kappa shape index (κ2) is 3.85. The first-order chi connectivity index (χ1) is 5.13.